The molecule has 1 aromatic rings. The number of pyridine rings is 1. The summed E-state index contributed by atoms with van der Waals surface area (Å²) in [6.07, 6.45) is 6.10. The maximum absolute atomic E-state index is 11.2. The first-order valence-corrected chi connectivity index (χ1v) is 4.51. The summed E-state index contributed by atoms with van der Waals surface area (Å²) in [5.74, 6) is 0. The minimum absolute atomic E-state index is 0.0635. The van der Waals surface area contributed by atoms with E-state index in [0.29, 0.717) is 0 Å². The highest BCUT2D eigenvalue weighted by Crippen LogP contribution is 2.00. The summed E-state index contributed by atoms with van der Waals surface area (Å²) >= 11 is 0. The smallest absolute Gasteiger partial charge is 0.251 e. The van der Waals surface area contributed by atoms with Crippen molar-refractivity contribution >= 4 is 0 Å². The fraction of sp³-hybridized carbons (Fsp3) is 0.500. The first-order chi connectivity index (χ1) is 5.84. The van der Waals surface area contributed by atoms with Crippen LogP contribution in [0.2, 0.25) is 0 Å². The zero-order valence-electron chi connectivity index (χ0n) is 7.47. The molecule has 0 atom stereocenters. The highest BCUT2D eigenvalue weighted by Gasteiger charge is 1.96. The van der Waals surface area contributed by atoms with Gasteiger partial charge in [-0.25, -0.2) is 0 Å². The van der Waals surface area contributed by atoms with E-state index >= 15 is 0 Å². The van der Waals surface area contributed by atoms with Crippen LogP contribution in [0.15, 0.2) is 23.1 Å². The van der Waals surface area contributed by atoms with Gasteiger partial charge in [-0.15, -0.1) is 0 Å². The second-order valence-corrected chi connectivity index (χ2v) is 2.98. The van der Waals surface area contributed by atoms with Gasteiger partial charge in [0.1, 0.15) is 0 Å². The zero-order valence-corrected chi connectivity index (χ0v) is 7.47. The average molecular weight is 165 g/mol. The van der Waals surface area contributed by atoms with Gasteiger partial charge in [-0.1, -0.05) is 25.8 Å². The Morgan fingerprint density at radius 2 is 2.25 bits per heavy atom. The number of aryl methyl sites for hydroxylation is 1. The molecule has 0 fully saturated rings. The summed E-state index contributed by atoms with van der Waals surface area (Å²) in [5.41, 5.74) is 0.972. The average Bonchev–Trinajstić information content (AvgIpc) is 2.09. The number of hydrogen-bond acceptors (Lipinski definition) is 1. The van der Waals surface area contributed by atoms with Crippen LogP contribution in [0, 0.1) is 0 Å². The summed E-state index contributed by atoms with van der Waals surface area (Å²) in [5, 5.41) is 0. The minimum Gasteiger partial charge on any atom is -0.329 e. The van der Waals surface area contributed by atoms with Crippen LogP contribution in [0.4, 0.5) is 0 Å². The molecular weight excluding hydrogens is 150 g/mol. The highest BCUT2D eigenvalue weighted by atomic mass is 16.1. The number of hydrogen-bond donors (Lipinski definition) is 1. The lowest BCUT2D eigenvalue weighted by molar-refractivity contribution is 0.713. The van der Waals surface area contributed by atoms with E-state index in [2.05, 4.69) is 11.9 Å². The lowest BCUT2D eigenvalue weighted by atomic mass is 10.1. The first kappa shape index (κ1) is 9.04. The van der Waals surface area contributed by atoms with Crippen LogP contribution < -0.4 is 5.56 Å². The Morgan fingerprint density at radius 1 is 1.42 bits per heavy atom. The van der Waals surface area contributed by atoms with Crippen molar-refractivity contribution in [3.8, 4) is 0 Å². The number of H-pyrrole nitrogens is 1. The molecular formula is C10H15NO. The molecule has 0 aliphatic rings. The molecule has 1 N–H and O–H groups in total. The summed E-state index contributed by atoms with van der Waals surface area (Å²) in [7, 11) is 0. The van der Waals surface area contributed by atoms with Crippen molar-refractivity contribution < 1.29 is 0 Å². The van der Waals surface area contributed by atoms with Crippen LogP contribution in [0.3, 0.4) is 0 Å². The third-order valence-corrected chi connectivity index (χ3v) is 1.95. The van der Waals surface area contributed by atoms with Crippen molar-refractivity contribution in [3.63, 3.8) is 0 Å². The van der Waals surface area contributed by atoms with Gasteiger partial charge in [0.15, 0.2) is 0 Å². The van der Waals surface area contributed by atoms with Crippen LogP contribution >= 0.6 is 0 Å². The van der Waals surface area contributed by atoms with E-state index in [0.717, 1.165) is 18.4 Å². The molecule has 2 heteroatoms. The van der Waals surface area contributed by atoms with E-state index in [-0.39, 0.29) is 5.56 Å². The number of unbranched alkanes of at least 4 members (excludes halogenated alkanes) is 2. The van der Waals surface area contributed by atoms with Crippen molar-refractivity contribution in [2.75, 3.05) is 0 Å². The van der Waals surface area contributed by atoms with Gasteiger partial charge in [0.05, 0.1) is 0 Å². The standard InChI is InChI=1S/C10H15NO/c1-2-3-4-6-9-7-5-8-11-10(9)12/h5,7-8H,2-4,6H2,1H3,(H,11,12). The number of aromatic amines is 1. The number of rotatable bonds is 4. The fourth-order valence-corrected chi connectivity index (χ4v) is 1.22. The molecule has 1 rings (SSSR count). The number of nitrogens with one attached hydrogen (secondary N) is 1. The Labute approximate surface area is 72.6 Å². The third-order valence-electron chi connectivity index (χ3n) is 1.95. The normalized spacial score (nSPS) is 10.1. The van der Waals surface area contributed by atoms with Crippen LogP contribution in [0.5, 0.6) is 0 Å². The second-order valence-electron chi connectivity index (χ2n) is 2.98. The van der Waals surface area contributed by atoms with Gasteiger partial charge in [-0.05, 0) is 18.9 Å². The maximum Gasteiger partial charge on any atom is 0.251 e. The van der Waals surface area contributed by atoms with Crippen LogP contribution in [-0.4, -0.2) is 4.98 Å². The van der Waals surface area contributed by atoms with Gasteiger partial charge >= 0.3 is 0 Å². The van der Waals surface area contributed by atoms with Gasteiger partial charge in [0.25, 0.3) is 5.56 Å². The largest absolute Gasteiger partial charge is 0.329 e. The quantitative estimate of drug-likeness (QED) is 0.681. The molecule has 0 saturated carbocycles. The van der Waals surface area contributed by atoms with E-state index in [4.69, 9.17) is 0 Å². The van der Waals surface area contributed by atoms with Crippen LogP contribution in [0.1, 0.15) is 31.7 Å². The molecule has 0 spiro atoms. The van der Waals surface area contributed by atoms with E-state index in [1.54, 1.807) is 6.20 Å². The monoisotopic (exact) mass is 165 g/mol. The van der Waals surface area contributed by atoms with Crippen molar-refractivity contribution in [2.45, 2.75) is 32.6 Å². The molecule has 0 bridgehead atoms. The molecule has 0 unspecified atom stereocenters. The van der Waals surface area contributed by atoms with Crippen LogP contribution in [-0.2, 0) is 6.42 Å². The Morgan fingerprint density at radius 3 is 2.92 bits per heavy atom. The zero-order chi connectivity index (χ0) is 8.81. The molecule has 2 nitrogen and oxygen atoms in total. The first-order valence-electron chi connectivity index (χ1n) is 4.51. The molecule has 12 heavy (non-hydrogen) atoms. The Balaban J connectivity index is 2.52. The molecule has 0 aliphatic carbocycles. The third kappa shape index (κ3) is 2.53. The topological polar surface area (TPSA) is 32.9 Å². The Kier molecular flexibility index (Phi) is 3.58. The van der Waals surface area contributed by atoms with E-state index in [1.165, 1.54) is 12.8 Å². The summed E-state index contributed by atoms with van der Waals surface area (Å²) in [4.78, 5) is 13.8. The predicted octanol–water partition coefficient (Wildman–Crippen LogP) is 2.11. The van der Waals surface area contributed by atoms with Crippen molar-refractivity contribution in [1.29, 1.82) is 0 Å². The van der Waals surface area contributed by atoms with Gasteiger partial charge in [0.2, 0.25) is 0 Å². The van der Waals surface area contributed by atoms with Gasteiger partial charge in [-0.2, -0.15) is 0 Å². The molecule has 0 amide bonds. The molecule has 66 valence electrons. The van der Waals surface area contributed by atoms with Crippen molar-refractivity contribution in [1.82, 2.24) is 4.98 Å². The predicted molar refractivity (Wildman–Crippen MR) is 50.3 cm³/mol. The molecule has 0 aromatic carbocycles. The maximum atomic E-state index is 11.2. The summed E-state index contributed by atoms with van der Waals surface area (Å²) in [6, 6.07) is 3.77. The van der Waals surface area contributed by atoms with Gasteiger partial charge in [0, 0.05) is 11.8 Å². The van der Waals surface area contributed by atoms with E-state index in [1.807, 2.05) is 12.1 Å². The molecule has 1 aromatic heterocycles. The lowest BCUT2D eigenvalue weighted by Gasteiger charge is -1.97. The van der Waals surface area contributed by atoms with Crippen molar-refractivity contribution in [3.05, 3.63) is 34.2 Å². The van der Waals surface area contributed by atoms with Crippen LogP contribution in [0.25, 0.3) is 0 Å². The summed E-state index contributed by atoms with van der Waals surface area (Å²) in [6.45, 7) is 2.16. The van der Waals surface area contributed by atoms with E-state index < -0.39 is 0 Å². The molecule has 0 saturated heterocycles. The highest BCUT2D eigenvalue weighted by molar-refractivity contribution is 5.08. The fourth-order valence-electron chi connectivity index (χ4n) is 1.22. The lowest BCUT2D eigenvalue weighted by Crippen LogP contribution is -2.10. The van der Waals surface area contributed by atoms with E-state index in [9.17, 15) is 4.79 Å². The van der Waals surface area contributed by atoms with Gasteiger partial charge < -0.3 is 4.98 Å². The molecule has 1 heterocycles. The summed E-state index contributed by atoms with van der Waals surface area (Å²) < 4.78 is 0. The SMILES string of the molecule is CCCCCc1ccc[nH]c1=O. The molecule has 0 radical (unpaired) electrons. The number of aromatic nitrogens is 1. The Bertz CT molecular complexity index is 277. The minimum atomic E-state index is 0.0635. The molecule has 0 aliphatic heterocycles. The van der Waals surface area contributed by atoms with Gasteiger partial charge in [-0.3, -0.25) is 4.79 Å². The van der Waals surface area contributed by atoms with Crippen molar-refractivity contribution in [2.24, 2.45) is 0 Å². The Hall–Kier alpha value is -1.05. The second kappa shape index (κ2) is 4.75.